The molecule has 3 N–H and O–H groups in total. The number of hydrogen-bond acceptors (Lipinski definition) is 6. The predicted octanol–water partition coefficient (Wildman–Crippen LogP) is 4.88. The van der Waals surface area contributed by atoms with E-state index >= 15 is 0 Å². The number of nitrogens with one attached hydrogen (secondary N) is 1. The molecule has 0 bridgehead atoms. The second kappa shape index (κ2) is 8.22. The SMILES string of the molecule is Cc1nc(N[C@H](C)c2cc(N)cc(C(F)(F)F)c2)c2cc(O[C@H]3CCOC3)ccc2n1. The summed E-state index contributed by atoms with van der Waals surface area (Å²) in [7, 11) is 0. The number of hydrogen-bond donors (Lipinski definition) is 2. The van der Waals surface area contributed by atoms with Crippen molar-refractivity contribution in [1.82, 2.24) is 9.97 Å². The van der Waals surface area contributed by atoms with E-state index < -0.39 is 17.8 Å². The van der Waals surface area contributed by atoms with Crippen LogP contribution in [-0.4, -0.2) is 29.3 Å². The van der Waals surface area contributed by atoms with Crippen LogP contribution in [0.15, 0.2) is 36.4 Å². The van der Waals surface area contributed by atoms with Crippen molar-refractivity contribution in [2.75, 3.05) is 24.3 Å². The highest BCUT2D eigenvalue weighted by atomic mass is 19.4. The molecule has 2 heterocycles. The molecule has 31 heavy (non-hydrogen) atoms. The molecule has 2 atom stereocenters. The van der Waals surface area contributed by atoms with Gasteiger partial charge in [0.2, 0.25) is 0 Å². The molecule has 1 aromatic heterocycles. The first kappa shape index (κ1) is 21.2. The number of ether oxygens (including phenoxy) is 2. The Morgan fingerprint density at radius 3 is 2.71 bits per heavy atom. The van der Waals surface area contributed by atoms with Gasteiger partial charge in [0.05, 0.1) is 30.3 Å². The summed E-state index contributed by atoms with van der Waals surface area (Å²) in [6.07, 6.45) is -3.66. The number of alkyl halides is 3. The maximum atomic E-state index is 13.2. The number of nitrogen functional groups attached to an aromatic ring is 1. The van der Waals surface area contributed by atoms with Crippen LogP contribution in [0.2, 0.25) is 0 Å². The molecular weight excluding hydrogens is 409 g/mol. The number of fused-ring (bicyclic) bond motifs is 1. The lowest BCUT2D eigenvalue weighted by molar-refractivity contribution is -0.137. The summed E-state index contributed by atoms with van der Waals surface area (Å²) in [5.74, 6) is 1.72. The smallest absolute Gasteiger partial charge is 0.416 e. The van der Waals surface area contributed by atoms with E-state index in [1.165, 1.54) is 6.07 Å². The van der Waals surface area contributed by atoms with Crippen LogP contribution in [0.5, 0.6) is 5.75 Å². The Balaban J connectivity index is 1.66. The number of aromatic nitrogens is 2. The summed E-state index contributed by atoms with van der Waals surface area (Å²) in [5, 5.41) is 3.93. The molecule has 0 amide bonds. The summed E-state index contributed by atoms with van der Waals surface area (Å²) < 4.78 is 50.9. The number of anilines is 2. The summed E-state index contributed by atoms with van der Waals surface area (Å²) in [5.41, 5.74) is 6.11. The number of aryl methyl sites for hydroxylation is 1. The molecule has 3 aromatic rings. The molecule has 164 valence electrons. The third-order valence-electron chi connectivity index (χ3n) is 5.13. The Kier molecular flexibility index (Phi) is 5.62. The zero-order chi connectivity index (χ0) is 22.2. The zero-order valence-corrected chi connectivity index (χ0v) is 17.2. The van der Waals surface area contributed by atoms with Crippen molar-refractivity contribution in [3.05, 3.63) is 53.3 Å². The second-order valence-corrected chi connectivity index (χ2v) is 7.65. The fourth-order valence-corrected chi connectivity index (χ4v) is 3.58. The fraction of sp³-hybridized carbons (Fsp3) is 0.364. The van der Waals surface area contributed by atoms with Gasteiger partial charge in [-0.3, -0.25) is 0 Å². The van der Waals surface area contributed by atoms with Crippen LogP contribution in [0, 0.1) is 6.92 Å². The molecule has 0 radical (unpaired) electrons. The minimum absolute atomic E-state index is 0.00719. The van der Waals surface area contributed by atoms with Gasteiger partial charge in [-0.1, -0.05) is 0 Å². The molecule has 1 fully saturated rings. The van der Waals surface area contributed by atoms with Gasteiger partial charge in [-0.15, -0.1) is 0 Å². The average Bonchev–Trinajstić information content (AvgIpc) is 3.20. The topological polar surface area (TPSA) is 82.3 Å². The third kappa shape index (κ3) is 4.82. The first-order chi connectivity index (χ1) is 14.7. The monoisotopic (exact) mass is 432 g/mol. The summed E-state index contributed by atoms with van der Waals surface area (Å²) in [6.45, 7) is 4.73. The Bertz CT molecular complexity index is 1100. The van der Waals surface area contributed by atoms with Gasteiger partial charge >= 0.3 is 6.18 Å². The van der Waals surface area contributed by atoms with Gasteiger partial charge < -0.3 is 20.5 Å². The molecule has 0 saturated carbocycles. The molecule has 2 aromatic carbocycles. The molecule has 6 nitrogen and oxygen atoms in total. The Morgan fingerprint density at radius 1 is 1.19 bits per heavy atom. The van der Waals surface area contributed by atoms with Crippen LogP contribution in [0.1, 0.15) is 36.3 Å². The first-order valence-corrected chi connectivity index (χ1v) is 9.96. The normalized spacial score (nSPS) is 17.6. The largest absolute Gasteiger partial charge is 0.488 e. The quantitative estimate of drug-likeness (QED) is 0.559. The standard InChI is InChI=1S/C22H23F3N4O2/c1-12(14-7-15(22(23,24)25)9-16(26)8-14)27-21-19-10-17(31-18-5-6-30-11-18)3-4-20(19)28-13(2)29-21/h3-4,7-10,12,18H,5-6,11,26H2,1-2H3,(H,27,28,29)/t12-,18+/m1/s1. The fourth-order valence-electron chi connectivity index (χ4n) is 3.58. The van der Waals surface area contributed by atoms with Gasteiger partial charge in [-0.25, -0.2) is 9.97 Å². The van der Waals surface area contributed by atoms with Crippen molar-refractivity contribution in [2.24, 2.45) is 0 Å². The summed E-state index contributed by atoms with van der Waals surface area (Å²) >= 11 is 0. The van der Waals surface area contributed by atoms with Gasteiger partial charge in [-0.2, -0.15) is 13.2 Å². The van der Waals surface area contributed by atoms with E-state index in [0.29, 0.717) is 47.1 Å². The molecule has 9 heteroatoms. The van der Waals surface area contributed by atoms with E-state index in [2.05, 4.69) is 15.3 Å². The van der Waals surface area contributed by atoms with E-state index in [9.17, 15) is 13.2 Å². The Hall–Kier alpha value is -3.07. The van der Waals surface area contributed by atoms with Gasteiger partial charge in [0.25, 0.3) is 0 Å². The van der Waals surface area contributed by atoms with Crippen molar-refractivity contribution in [1.29, 1.82) is 0 Å². The van der Waals surface area contributed by atoms with Crippen LogP contribution in [0.25, 0.3) is 10.9 Å². The van der Waals surface area contributed by atoms with Crippen LogP contribution >= 0.6 is 0 Å². The number of nitrogens with zero attached hydrogens (tertiary/aromatic N) is 2. The Morgan fingerprint density at radius 2 is 2.00 bits per heavy atom. The van der Waals surface area contributed by atoms with Crippen LogP contribution < -0.4 is 15.8 Å². The van der Waals surface area contributed by atoms with Crippen molar-refractivity contribution in [2.45, 2.75) is 38.6 Å². The Labute approximate surface area is 177 Å². The molecule has 1 aliphatic rings. The molecule has 0 unspecified atom stereocenters. The predicted molar refractivity (Wildman–Crippen MR) is 112 cm³/mol. The molecule has 4 rings (SSSR count). The molecule has 1 saturated heterocycles. The lowest BCUT2D eigenvalue weighted by Crippen LogP contribution is -2.15. The maximum absolute atomic E-state index is 13.2. The highest BCUT2D eigenvalue weighted by Gasteiger charge is 2.31. The summed E-state index contributed by atoms with van der Waals surface area (Å²) in [4.78, 5) is 8.93. The maximum Gasteiger partial charge on any atom is 0.416 e. The number of benzene rings is 2. The van der Waals surface area contributed by atoms with Crippen molar-refractivity contribution in [3.8, 4) is 5.75 Å². The van der Waals surface area contributed by atoms with E-state index in [0.717, 1.165) is 18.6 Å². The molecular formula is C22H23F3N4O2. The van der Waals surface area contributed by atoms with E-state index in [1.54, 1.807) is 13.8 Å². The molecule has 1 aliphatic heterocycles. The van der Waals surface area contributed by atoms with Gasteiger partial charge in [-0.05, 0) is 55.8 Å². The lowest BCUT2D eigenvalue weighted by atomic mass is 10.0. The van der Waals surface area contributed by atoms with Crippen LogP contribution in [0.3, 0.4) is 0 Å². The minimum Gasteiger partial charge on any atom is -0.488 e. The highest BCUT2D eigenvalue weighted by Crippen LogP contribution is 2.34. The summed E-state index contributed by atoms with van der Waals surface area (Å²) in [6, 6.07) is 8.59. The average molecular weight is 432 g/mol. The number of rotatable bonds is 5. The number of halogens is 3. The first-order valence-electron chi connectivity index (χ1n) is 9.96. The second-order valence-electron chi connectivity index (χ2n) is 7.65. The highest BCUT2D eigenvalue weighted by molar-refractivity contribution is 5.90. The van der Waals surface area contributed by atoms with Gasteiger partial charge in [0.15, 0.2) is 0 Å². The van der Waals surface area contributed by atoms with Gasteiger partial charge in [0.1, 0.15) is 23.5 Å². The van der Waals surface area contributed by atoms with E-state index in [4.69, 9.17) is 15.2 Å². The van der Waals surface area contributed by atoms with E-state index in [-0.39, 0.29) is 11.8 Å². The zero-order valence-electron chi connectivity index (χ0n) is 17.2. The van der Waals surface area contributed by atoms with Crippen LogP contribution in [0.4, 0.5) is 24.7 Å². The van der Waals surface area contributed by atoms with Gasteiger partial charge in [0, 0.05) is 17.5 Å². The lowest BCUT2D eigenvalue weighted by Gasteiger charge is -2.19. The number of nitrogens with two attached hydrogens (primary N) is 1. The minimum atomic E-state index is -4.47. The van der Waals surface area contributed by atoms with Crippen LogP contribution in [-0.2, 0) is 10.9 Å². The molecule has 0 aliphatic carbocycles. The van der Waals surface area contributed by atoms with Crippen molar-refractivity contribution < 1.29 is 22.6 Å². The van der Waals surface area contributed by atoms with Crippen molar-refractivity contribution in [3.63, 3.8) is 0 Å². The molecule has 0 spiro atoms. The third-order valence-corrected chi connectivity index (χ3v) is 5.13. The van der Waals surface area contributed by atoms with E-state index in [1.807, 2.05) is 18.2 Å². The van der Waals surface area contributed by atoms with Crippen molar-refractivity contribution >= 4 is 22.4 Å².